The van der Waals surface area contributed by atoms with Crippen molar-refractivity contribution < 1.29 is 14.7 Å². The summed E-state index contributed by atoms with van der Waals surface area (Å²) in [6, 6.07) is -0.393. The van der Waals surface area contributed by atoms with Gasteiger partial charge in [0.1, 0.15) is 0 Å². The number of aliphatic carboxylic acids is 1. The zero-order valence-electron chi connectivity index (χ0n) is 10.8. The standard InChI is InChI=1S/C12H18N4O3/c1-16-7-10(6-13-16)15-12(19)14-9-4-2-3-8(5-9)11(17)18/h6-9H,2-5H2,1H3,(H,17,18)(H2,14,15,19). The van der Waals surface area contributed by atoms with Gasteiger partial charge in [0.15, 0.2) is 0 Å². The number of carboxylic acids is 1. The maximum atomic E-state index is 11.8. The Morgan fingerprint density at radius 1 is 1.47 bits per heavy atom. The van der Waals surface area contributed by atoms with Crippen molar-refractivity contribution in [3.05, 3.63) is 12.4 Å². The van der Waals surface area contributed by atoms with Crippen molar-refractivity contribution in [1.29, 1.82) is 0 Å². The van der Waals surface area contributed by atoms with Crippen LogP contribution in [0, 0.1) is 5.92 Å². The molecular weight excluding hydrogens is 248 g/mol. The molecule has 104 valence electrons. The van der Waals surface area contributed by atoms with Crippen LogP contribution in [0.15, 0.2) is 12.4 Å². The Balaban J connectivity index is 1.83. The van der Waals surface area contributed by atoms with Crippen molar-refractivity contribution in [1.82, 2.24) is 15.1 Å². The fourth-order valence-corrected chi connectivity index (χ4v) is 2.38. The zero-order valence-corrected chi connectivity index (χ0v) is 10.8. The zero-order chi connectivity index (χ0) is 13.8. The molecule has 2 unspecified atom stereocenters. The van der Waals surface area contributed by atoms with Crippen LogP contribution in [0.4, 0.5) is 10.5 Å². The Labute approximate surface area is 111 Å². The monoisotopic (exact) mass is 266 g/mol. The minimum atomic E-state index is -0.779. The minimum Gasteiger partial charge on any atom is -0.481 e. The molecule has 0 saturated heterocycles. The van der Waals surface area contributed by atoms with Gasteiger partial charge in [-0.15, -0.1) is 0 Å². The van der Waals surface area contributed by atoms with Crippen molar-refractivity contribution in [3.8, 4) is 0 Å². The van der Waals surface area contributed by atoms with Gasteiger partial charge in [-0.3, -0.25) is 9.48 Å². The van der Waals surface area contributed by atoms with Gasteiger partial charge in [0, 0.05) is 19.3 Å². The van der Waals surface area contributed by atoms with Crippen molar-refractivity contribution in [2.75, 3.05) is 5.32 Å². The van der Waals surface area contributed by atoms with E-state index in [-0.39, 0.29) is 18.0 Å². The van der Waals surface area contributed by atoms with Gasteiger partial charge in [0.25, 0.3) is 0 Å². The molecule has 2 atom stereocenters. The maximum Gasteiger partial charge on any atom is 0.319 e. The van der Waals surface area contributed by atoms with E-state index >= 15 is 0 Å². The lowest BCUT2D eigenvalue weighted by Gasteiger charge is -2.27. The van der Waals surface area contributed by atoms with Crippen molar-refractivity contribution >= 4 is 17.7 Å². The summed E-state index contributed by atoms with van der Waals surface area (Å²) >= 11 is 0. The summed E-state index contributed by atoms with van der Waals surface area (Å²) < 4.78 is 1.59. The average Bonchev–Trinajstić information content (AvgIpc) is 2.74. The molecule has 1 heterocycles. The third kappa shape index (κ3) is 3.70. The summed E-state index contributed by atoms with van der Waals surface area (Å²) in [7, 11) is 1.77. The fourth-order valence-electron chi connectivity index (χ4n) is 2.38. The van der Waals surface area contributed by atoms with Gasteiger partial charge in [0.05, 0.1) is 17.8 Å². The summed E-state index contributed by atoms with van der Waals surface area (Å²) in [4.78, 5) is 22.7. The van der Waals surface area contributed by atoms with Gasteiger partial charge in [-0.05, 0) is 19.3 Å². The van der Waals surface area contributed by atoms with Crippen LogP contribution in [0.3, 0.4) is 0 Å². The molecule has 0 bridgehead atoms. The second-order valence-electron chi connectivity index (χ2n) is 4.90. The van der Waals surface area contributed by atoms with E-state index in [9.17, 15) is 9.59 Å². The number of aryl methyl sites for hydroxylation is 1. The Bertz CT molecular complexity index is 471. The lowest BCUT2D eigenvalue weighted by atomic mass is 9.86. The molecule has 1 aromatic rings. The molecule has 0 aromatic carbocycles. The van der Waals surface area contributed by atoms with E-state index in [4.69, 9.17) is 5.11 Å². The average molecular weight is 266 g/mol. The highest BCUT2D eigenvalue weighted by atomic mass is 16.4. The Kier molecular flexibility index (Phi) is 4.03. The first kappa shape index (κ1) is 13.4. The quantitative estimate of drug-likeness (QED) is 0.765. The highest BCUT2D eigenvalue weighted by Gasteiger charge is 2.27. The molecule has 1 aromatic heterocycles. The van der Waals surface area contributed by atoms with Gasteiger partial charge in [-0.2, -0.15) is 5.10 Å². The number of hydrogen-bond donors (Lipinski definition) is 3. The second-order valence-corrected chi connectivity index (χ2v) is 4.90. The van der Waals surface area contributed by atoms with Gasteiger partial charge in [-0.25, -0.2) is 4.79 Å². The predicted molar refractivity (Wildman–Crippen MR) is 68.7 cm³/mol. The normalized spacial score (nSPS) is 22.8. The van der Waals surface area contributed by atoms with Crippen molar-refractivity contribution in [2.45, 2.75) is 31.7 Å². The fraction of sp³-hybridized carbons (Fsp3) is 0.583. The van der Waals surface area contributed by atoms with Gasteiger partial charge >= 0.3 is 12.0 Å². The van der Waals surface area contributed by atoms with E-state index in [0.29, 0.717) is 18.5 Å². The SMILES string of the molecule is Cn1cc(NC(=O)NC2CCCC(C(=O)O)C2)cn1. The van der Waals surface area contributed by atoms with Gasteiger partial charge < -0.3 is 15.7 Å². The Morgan fingerprint density at radius 3 is 2.89 bits per heavy atom. The highest BCUT2D eigenvalue weighted by Crippen LogP contribution is 2.24. The molecule has 0 spiro atoms. The topological polar surface area (TPSA) is 96.2 Å². The number of urea groups is 1. The van der Waals surface area contributed by atoms with E-state index in [1.165, 1.54) is 0 Å². The molecule has 19 heavy (non-hydrogen) atoms. The number of rotatable bonds is 3. The Hall–Kier alpha value is -2.05. The summed E-state index contributed by atoms with van der Waals surface area (Å²) in [5, 5.41) is 18.4. The maximum absolute atomic E-state index is 11.8. The third-order valence-corrected chi connectivity index (χ3v) is 3.32. The molecule has 2 rings (SSSR count). The number of carbonyl (C=O) groups is 2. The Morgan fingerprint density at radius 2 is 2.26 bits per heavy atom. The summed E-state index contributed by atoms with van der Waals surface area (Å²) in [5.74, 6) is -1.13. The molecule has 7 nitrogen and oxygen atoms in total. The van der Waals surface area contributed by atoms with Crippen molar-refractivity contribution in [3.63, 3.8) is 0 Å². The van der Waals surface area contributed by atoms with Crippen LogP contribution in [-0.2, 0) is 11.8 Å². The van der Waals surface area contributed by atoms with Crippen LogP contribution in [0.5, 0.6) is 0 Å². The third-order valence-electron chi connectivity index (χ3n) is 3.32. The van der Waals surface area contributed by atoms with Crippen LogP contribution in [-0.4, -0.2) is 32.9 Å². The smallest absolute Gasteiger partial charge is 0.319 e. The number of anilines is 1. The van der Waals surface area contributed by atoms with Crippen LogP contribution < -0.4 is 10.6 Å². The van der Waals surface area contributed by atoms with Crippen LogP contribution in [0.1, 0.15) is 25.7 Å². The van der Waals surface area contributed by atoms with E-state index in [2.05, 4.69) is 15.7 Å². The lowest BCUT2D eigenvalue weighted by Crippen LogP contribution is -2.41. The molecule has 1 saturated carbocycles. The lowest BCUT2D eigenvalue weighted by molar-refractivity contribution is -0.143. The van der Waals surface area contributed by atoms with Crippen molar-refractivity contribution in [2.24, 2.45) is 13.0 Å². The summed E-state index contributed by atoms with van der Waals surface area (Å²) in [6.07, 6.45) is 6.09. The number of aromatic nitrogens is 2. The van der Waals surface area contributed by atoms with Crippen LogP contribution >= 0.6 is 0 Å². The summed E-state index contributed by atoms with van der Waals surface area (Å²) in [5.41, 5.74) is 0.616. The summed E-state index contributed by atoms with van der Waals surface area (Å²) in [6.45, 7) is 0. The van der Waals surface area contributed by atoms with Crippen LogP contribution in [0.25, 0.3) is 0 Å². The van der Waals surface area contributed by atoms with E-state index < -0.39 is 5.97 Å². The largest absolute Gasteiger partial charge is 0.481 e. The molecule has 0 aliphatic heterocycles. The van der Waals surface area contributed by atoms with Crippen LogP contribution in [0.2, 0.25) is 0 Å². The number of carbonyl (C=O) groups excluding carboxylic acids is 1. The van der Waals surface area contributed by atoms with Gasteiger partial charge in [-0.1, -0.05) is 6.42 Å². The first-order valence-corrected chi connectivity index (χ1v) is 6.33. The number of nitrogens with one attached hydrogen (secondary N) is 2. The first-order valence-electron chi connectivity index (χ1n) is 6.33. The predicted octanol–water partition coefficient (Wildman–Crippen LogP) is 1.18. The minimum absolute atomic E-state index is 0.0773. The van der Waals surface area contributed by atoms with Gasteiger partial charge in [0.2, 0.25) is 0 Å². The van der Waals surface area contributed by atoms with E-state index in [1.807, 2.05) is 0 Å². The molecule has 1 fully saturated rings. The molecular formula is C12H18N4O3. The first-order chi connectivity index (χ1) is 9.04. The number of amides is 2. The second kappa shape index (κ2) is 5.73. The number of nitrogens with zero attached hydrogens (tertiary/aromatic N) is 2. The van der Waals surface area contributed by atoms with E-state index in [0.717, 1.165) is 12.8 Å². The molecule has 0 radical (unpaired) electrons. The highest BCUT2D eigenvalue weighted by molar-refractivity contribution is 5.89. The molecule has 1 aliphatic carbocycles. The molecule has 7 heteroatoms. The molecule has 3 N–H and O–H groups in total. The number of hydrogen-bond acceptors (Lipinski definition) is 3. The molecule has 2 amide bonds. The van der Waals surface area contributed by atoms with E-state index in [1.54, 1.807) is 24.1 Å². The number of carboxylic acid groups (broad SMARTS) is 1. The molecule has 1 aliphatic rings.